The van der Waals surface area contributed by atoms with Crippen molar-refractivity contribution in [3.05, 3.63) is 71.7 Å². The Hall–Kier alpha value is -2.55. The topological polar surface area (TPSA) is 45.9 Å². The molecule has 118 valence electrons. The number of ether oxygens (including phenoxy) is 1. The van der Waals surface area contributed by atoms with Crippen LogP contribution in [-0.4, -0.2) is 11.6 Å². The number of hydrogen-bond acceptors (Lipinski definition) is 5. The maximum absolute atomic E-state index is 9.43. The molecular formula is C19H14N2OS2. The van der Waals surface area contributed by atoms with Crippen LogP contribution >= 0.6 is 23.1 Å². The first kappa shape index (κ1) is 16.3. The van der Waals surface area contributed by atoms with E-state index in [4.69, 9.17) is 4.74 Å². The van der Waals surface area contributed by atoms with E-state index in [0.29, 0.717) is 11.5 Å². The van der Waals surface area contributed by atoms with E-state index in [0.717, 1.165) is 25.9 Å². The zero-order chi connectivity index (χ0) is 16.8. The van der Waals surface area contributed by atoms with Gasteiger partial charge in [-0.1, -0.05) is 36.9 Å². The maximum Gasteiger partial charge on any atom is 0.156 e. The maximum atomic E-state index is 9.43. The zero-order valence-corrected chi connectivity index (χ0v) is 14.4. The molecule has 1 heterocycles. The molecule has 0 aliphatic carbocycles. The number of benzene rings is 2. The van der Waals surface area contributed by atoms with E-state index in [1.165, 1.54) is 11.8 Å². The van der Waals surface area contributed by atoms with Crippen LogP contribution < -0.4 is 4.74 Å². The number of aromatic nitrogens is 1. The summed E-state index contributed by atoms with van der Waals surface area (Å²) in [6.45, 7) is 4.09. The molecule has 0 radical (unpaired) electrons. The van der Waals surface area contributed by atoms with Crippen molar-refractivity contribution in [1.82, 2.24) is 4.98 Å². The SMILES string of the molecule is C=CCOc1cccc(C=C(C#N)Sc2nc3ccccc3s2)c1. The molecule has 0 saturated heterocycles. The summed E-state index contributed by atoms with van der Waals surface area (Å²) in [5.41, 5.74) is 1.88. The number of thiazole rings is 1. The van der Waals surface area contributed by atoms with Crippen LogP contribution in [-0.2, 0) is 0 Å². The lowest BCUT2D eigenvalue weighted by atomic mass is 10.2. The van der Waals surface area contributed by atoms with Gasteiger partial charge in [-0.25, -0.2) is 4.98 Å². The summed E-state index contributed by atoms with van der Waals surface area (Å²) in [4.78, 5) is 5.15. The van der Waals surface area contributed by atoms with Crippen molar-refractivity contribution in [2.24, 2.45) is 0 Å². The van der Waals surface area contributed by atoms with Gasteiger partial charge in [0.1, 0.15) is 18.4 Å². The molecule has 0 spiro atoms. The number of fused-ring (bicyclic) bond motifs is 1. The van der Waals surface area contributed by atoms with Crippen LogP contribution in [0.2, 0.25) is 0 Å². The molecule has 3 nitrogen and oxygen atoms in total. The third-order valence-corrected chi connectivity index (χ3v) is 5.13. The molecule has 0 aliphatic rings. The van der Waals surface area contributed by atoms with Gasteiger partial charge >= 0.3 is 0 Å². The molecule has 0 bridgehead atoms. The fourth-order valence-corrected chi connectivity index (χ4v) is 4.05. The first-order chi connectivity index (χ1) is 11.8. The standard InChI is InChI=1S/C19H14N2OS2/c1-2-10-22-15-7-5-6-14(11-15)12-16(13-20)23-19-21-17-8-3-4-9-18(17)24-19/h2-9,11-12H,1,10H2. The lowest BCUT2D eigenvalue weighted by molar-refractivity contribution is 0.363. The smallest absolute Gasteiger partial charge is 0.156 e. The molecule has 3 rings (SSSR count). The number of nitrogens with zero attached hydrogens (tertiary/aromatic N) is 2. The molecule has 1 aromatic heterocycles. The largest absolute Gasteiger partial charge is 0.490 e. The molecule has 0 aliphatic heterocycles. The molecular weight excluding hydrogens is 336 g/mol. The van der Waals surface area contributed by atoms with E-state index >= 15 is 0 Å². The van der Waals surface area contributed by atoms with E-state index < -0.39 is 0 Å². The Bertz CT molecular complexity index is 905. The number of para-hydroxylation sites is 1. The molecule has 0 atom stereocenters. The van der Waals surface area contributed by atoms with Gasteiger partial charge in [0, 0.05) is 0 Å². The molecule has 0 amide bonds. The average molecular weight is 350 g/mol. The minimum Gasteiger partial charge on any atom is -0.490 e. The van der Waals surface area contributed by atoms with Gasteiger partial charge in [-0.05, 0) is 47.7 Å². The van der Waals surface area contributed by atoms with Crippen LogP contribution in [0.15, 0.2) is 70.4 Å². The Morgan fingerprint density at radius 2 is 2.17 bits per heavy atom. The first-order valence-corrected chi connectivity index (χ1v) is 8.91. The van der Waals surface area contributed by atoms with Crippen molar-refractivity contribution in [2.45, 2.75) is 4.34 Å². The summed E-state index contributed by atoms with van der Waals surface area (Å²) >= 11 is 2.97. The molecule has 2 aromatic carbocycles. The fraction of sp³-hybridized carbons (Fsp3) is 0.0526. The Balaban J connectivity index is 1.81. The van der Waals surface area contributed by atoms with Crippen LogP contribution in [0, 0.1) is 11.3 Å². The summed E-state index contributed by atoms with van der Waals surface area (Å²) < 4.78 is 7.51. The van der Waals surface area contributed by atoms with Crippen LogP contribution in [0.1, 0.15) is 5.56 Å². The van der Waals surface area contributed by atoms with Crippen molar-refractivity contribution in [2.75, 3.05) is 6.61 Å². The Morgan fingerprint density at radius 3 is 2.96 bits per heavy atom. The second-order valence-corrected chi connectivity index (χ2v) is 7.16. The van der Waals surface area contributed by atoms with Gasteiger partial charge in [-0.3, -0.25) is 0 Å². The third-order valence-electron chi connectivity index (χ3n) is 3.11. The molecule has 0 unspecified atom stereocenters. The molecule has 3 aromatic rings. The zero-order valence-electron chi connectivity index (χ0n) is 12.8. The van der Waals surface area contributed by atoms with Crippen LogP contribution in [0.4, 0.5) is 0 Å². The Labute approximate surface area is 148 Å². The summed E-state index contributed by atoms with van der Waals surface area (Å²) in [5.74, 6) is 0.755. The quantitative estimate of drug-likeness (QED) is 0.334. The lowest BCUT2D eigenvalue weighted by Crippen LogP contribution is -1.92. The Morgan fingerprint density at radius 1 is 1.29 bits per heavy atom. The second kappa shape index (κ2) is 7.82. The summed E-state index contributed by atoms with van der Waals surface area (Å²) in [6, 6.07) is 17.8. The summed E-state index contributed by atoms with van der Waals surface area (Å²) in [5, 5.41) is 9.43. The molecule has 0 N–H and O–H groups in total. The van der Waals surface area contributed by atoms with Crippen LogP contribution in [0.5, 0.6) is 5.75 Å². The highest BCUT2D eigenvalue weighted by atomic mass is 32.2. The van der Waals surface area contributed by atoms with E-state index in [1.54, 1.807) is 17.4 Å². The fourth-order valence-electron chi connectivity index (χ4n) is 2.07. The highest BCUT2D eigenvalue weighted by Crippen LogP contribution is 2.34. The monoisotopic (exact) mass is 350 g/mol. The number of hydrogen-bond donors (Lipinski definition) is 0. The van der Waals surface area contributed by atoms with Crippen molar-refractivity contribution in [3.63, 3.8) is 0 Å². The van der Waals surface area contributed by atoms with Gasteiger partial charge in [0.25, 0.3) is 0 Å². The van der Waals surface area contributed by atoms with Crippen LogP contribution in [0.25, 0.3) is 16.3 Å². The van der Waals surface area contributed by atoms with E-state index in [9.17, 15) is 5.26 Å². The molecule has 5 heteroatoms. The number of nitriles is 1. The predicted octanol–water partition coefficient (Wildman–Crippen LogP) is 5.52. The number of allylic oxidation sites excluding steroid dienone is 1. The van der Waals surface area contributed by atoms with Crippen LogP contribution in [0.3, 0.4) is 0 Å². The first-order valence-electron chi connectivity index (χ1n) is 7.27. The van der Waals surface area contributed by atoms with Gasteiger partial charge in [-0.15, -0.1) is 11.3 Å². The third kappa shape index (κ3) is 4.05. The average Bonchev–Trinajstić information content (AvgIpc) is 3.02. The second-order valence-electron chi connectivity index (χ2n) is 4.84. The number of thioether (sulfide) groups is 1. The van der Waals surface area contributed by atoms with Crippen molar-refractivity contribution in [1.29, 1.82) is 5.26 Å². The van der Waals surface area contributed by atoms with Crippen molar-refractivity contribution < 1.29 is 4.74 Å². The van der Waals surface area contributed by atoms with Crippen molar-refractivity contribution in [3.8, 4) is 11.8 Å². The van der Waals surface area contributed by atoms with Gasteiger partial charge in [0.15, 0.2) is 4.34 Å². The van der Waals surface area contributed by atoms with Gasteiger partial charge < -0.3 is 4.74 Å². The highest BCUT2D eigenvalue weighted by molar-refractivity contribution is 8.05. The normalized spacial score (nSPS) is 11.2. The van der Waals surface area contributed by atoms with Crippen molar-refractivity contribution >= 4 is 39.4 Å². The minimum absolute atomic E-state index is 0.457. The van der Waals surface area contributed by atoms with E-state index in [1.807, 2.05) is 54.6 Å². The Kier molecular flexibility index (Phi) is 5.32. The number of rotatable bonds is 6. The lowest BCUT2D eigenvalue weighted by Gasteiger charge is -2.04. The van der Waals surface area contributed by atoms with E-state index in [-0.39, 0.29) is 0 Å². The summed E-state index contributed by atoms with van der Waals surface area (Å²) in [6.07, 6.45) is 3.55. The molecule has 0 fully saturated rings. The minimum atomic E-state index is 0.457. The summed E-state index contributed by atoms with van der Waals surface area (Å²) in [7, 11) is 0. The highest BCUT2D eigenvalue weighted by Gasteiger charge is 2.07. The molecule has 24 heavy (non-hydrogen) atoms. The predicted molar refractivity (Wildman–Crippen MR) is 101 cm³/mol. The van der Waals surface area contributed by atoms with Gasteiger partial charge in [-0.2, -0.15) is 5.26 Å². The van der Waals surface area contributed by atoms with E-state index in [2.05, 4.69) is 17.6 Å². The molecule has 0 saturated carbocycles. The van der Waals surface area contributed by atoms with Gasteiger partial charge in [0.05, 0.1) is 15.1 Å². The van der Waals surface area contributed by atoms with Gasteiger partial charge in [0.2, 0.25) is 0 Å².